The Bertz CT molecular complexity index is 437. The highest BCUT2D eigenvalue weighted by atomic mass is 19.1. The fourth-order valence-corrected chi connectivity index (χ4v) is 1.81. The fourth-order valence-electron chi connectivity index (χ4n) is 1.81. The summed E-state index contributed by atoms with van der Waals surface area (Å²) in [6.07, 6.45) is -0.730. The van der Waals surface area contributed by atoms with E-state index in [1.165, 1.54) is 24.3 Å². The minimum atomic E-state index is -0.730. The number of aliphatic hydroxyl groups excluding tert-OH is 1. The number of nitrogens with zero attached hydrogens (tertiary/aromatic N) is 1. The molecule has 0 bridgehead atoms. The van der Waals surface area contributed by atoms with Gasteiger partial charge in [0.15, 0.2) is 0 Å². The van der Waals surface area contributed by atoms with Crippen LogP contribution in [0.25, 0.3) is 0 Å². The van der Waals surface area contributed by atoms with Crippen molar-refractivity contribution in [1.82, 2.24) is 10.2 Å². The second-order valence-electron chi connectivity index (χ2n) is 5.34. The Morgan fingerprint density at radius 2 is 2.00 bits per heavy atom. The maximum Gasteiger partial charge on any atom is 0.234 e. The first kappa shape index (κ1) is 17.4. The molecule has 118 valence electrons. The zero-order chi connectivity index (χ0) is 15.8. The topological polar surface area (TPSA) is 61.8 Å². The highest BCUT2D eigenvalue weighted by molar-refractivity contribution is 5.78. The number of benzene rings is 1. The number of rotatable bonds is 8. The Morgan fingerprint density at radius 3 is 2.57 bits per heavy atom. The van der Waals surface area contributed by atoms with Gasteiger partial charge in [-0.3, -0.25) is 9.69 Å². The summed E-state index contributed by atoms with van der Waals surface area (Å²) in [5.74, 6) is 0.0774. The summed E-state index contributed by atoms with van der Waals surface area (Å²) in [6, 6.07) is 5.69. The van der Waals surface area contributed by atoms with E-state index < -0.39 is 6.10 Å². The van der Waals surface area contributed by atoms with Crippen molar-refractivity contribution in [2.24, 2.45) is 0 Å². The van der Waals surface area contributed by atoms with Crippen molar-refractivity contribution in [3.63, 3.8) is 0 Å². The first-order valence-electron chi connectivity index (χ1n) is 6.91. The summed E-state index contributed by atoms with van der Waals surface area (Å²) in [5, 5.41) is 12.6. The lowest BCUT2D eigenvalue weighted by Crippen LogP contribution is -2.42. The Morgan fingerprint density at radius 1 is 1.38 bits per heavy atom. The number of carbonyl (C=O) groups excluding carboxylic acids is 1. The molecular weight excluding hydrogens is 275 g/mol. The van der Waals surface area contributed by atoms with Gasteiger partial charge in [0.25, 0.3) is 0 Å². The van der Waals surface area contributed by atoms with E-state index in [0.717, 1.165) is 0 Å². The molecule has 2 N–H and O–H groups in total. The summed E-state index contributed by atoms with van der Waals surface area (Å²) in [5.41, 5.74) is 0. The third-order valence-corrected chi connectivity index (χ3v) is 2.64. The highest BCUT2D eigenvalue weighted by Gasteiger charge is 2.12. The number of carbonyl (C=O) groups is 1. The molecule has 0 aliphatic carbocycles. The molecule has 0 spiro atoms. The van der Waals surface area contributed by atoms with Gasteiger partial charge in [-0.1, -0.05) is 0 Å². The van der Waals surface area contributed by atoms with Crippen LogP contribution in [-0.2, 0) is 4.79 Å². The van der Waals surface area contributed by atoms with E-state index in [1.807, 2.05) is 13.8 Å². The summed E-state index contributed by atoms with van der Waals surface area (Å²) >= 11 is 0. The molecular formula is C15H23FN2O3. The summed E-state index contributed by atoms with van der Waals surface area (Å²) < 4.78 is 18.1. The molecule has 0 aliphatic heterocycles. The molecule has 0 aromatic heterocycles. The van der Waals surface area contributed by atoms with Crippen LogP contribution in [0.5, 0.6) is 5.75 Å². The van der Waals surface area contributed by atoms with Crippen LogP contribution in [0.3, 0.4) is 0 Å². The number of hydrogen-bond donors (Lipinski definition) is 2. The van der Waals surface area contributed by atoms with E-state index in [9.17, 15) is 14.3 Å². The number of amides is 1. The van der Waals surface area contributed by atoms with Crippen molar-refractivity contribution in [2.45, 2.75) is 26.0 Å². The van der Waals surface area contributed by atoms with Crippen LogP contribution >= 0.6 is 0 Å². The van der Waals surface area contributed by atoms with Gasteiger partial charge in [0.05, 0.1) is 6.54 Å². The Hall–Kier alpha value is -1.66. The molecule has 1 aromatic carbocycles. The van der Waals surface area contributed by atoms with Crippen LogP contribution in [0.1, 0.15) is 13.8 Å². The van der Waals surface area contributed by atoms with E-state index in [4.69, 9.17) is 4.74 Å². The van der Waals surface area contributed by atoms with Crippen molar-refractivity contribution in [3.8, 4) is 5.75 Å². The van der Waals surface area contributed by atoms with E-state index >= 15 is 0 Å². The predicted molar refractivity (Wildman–Crippen MR) is 78.7 cm³/mol. The first-order chi connectivity index (χ1) is 9.86. The highest BCUT2D eigenvalue weighted by Crippen LogP contribution is 2.11. The fraction of sp³-hybridized carbons (Fsp3) is 0.533. The molecule has 21 heavy (non-hydrogen) atoms. The Balaban J connectivity index is 2.27. The van der Waals surface area contributed by atoms with E-state index in [-0.39, 0.29) is 30.9 Å². The molecule has 0 heterocycles. The average Bonchev–Trinajstić information content (AvgIpc) is 2.36. The van der Waals surface area contributed by atoms with Crippen molar-refractivity contribution in [1.29, 1.82) is 0 Å². The summed E-state index contributed by atoms with van der Waals surface area (Å²) in [6.45, 7) is 4.40. The van der Waals surface area contributed by atoms with Gasteiger partial charge in [0, 0.05) is 12.6 Å². The largest absolute Gasteiger partial charge is 0.491 e. The van der Waals surface area contributed by atoms with Crippen LogP contribution in [-0.4, -0.2) is 54.8 Å². The van der Waals surface area contributed by atoms with Crippen LogP contribution in [0.2, 0.25) is 0 Å². The molecule has 5 nitrogen and oxygen atoms in total. The maximum absolute atomic E-state index is 12.7. The van der Waals surface area contributed by atoms with Crippen molar-refractivity contribution >= 4 is 5.91 Å². The van der Waals surface area contributed by atoms with Gasteiger partial charge in [-0.2, -0.15) is 0 Å². The summed E-state index contributed by atoms with van der Waals surface area (Å²) in [7, 11) is 1.75. The molecule has 6 heteroatoms. The van der Waals surface area contributed by atoms with Gasteiger partial charge < -0.3 is 15.2 Å². The quantitative estimate of drug-likeness (QED) is 0.752. The molecule has 1 aromatic rings. The number of hydrogen-bond acceptors (Lipinski definition) is 4. The smallest absolute Gasteiger partial charge is 0.234 e. The third kappa shape index (κ3) is 7.63. The molecule has 0 saturated carbocycles. The maximum atomic E-state index is 12.7. The number of likely N-dealkylation sites (N-methyl/N-ethyl adjacent to an activating group) is 1. The molecule has 0 saturated heterocycles. The third-order valence-electron chi connectivity index (χ3n) is 2.64. The van der Waals surface area contributed by atoms with E-state index in [2.05, 4.69) is 5.32 Å². The predicted octanol–water partition coefficient (Wildman–Crippen LogP) is 1.02. The number of nitrogens with one attached hydrogen (secondary N) is 1. The van der Waals surface area contributed by atoms with E-state index in [1.54, 1.807) is 11.9 Å². The van der Waals surface area contributed by atoms with Gasteiger partial charge >= 0.3 is 0 Å². The SMILES string of the molecule is CC(C)NC(=O)CN(C)CC(O)COc1ccc(F)cc1. The zero-order valence-corrected chi connectivity index (χ0v) is 12.7. The van der Waals surface area contributed by atoms with Gasteiger partial charge in [-0.25, -0.2) is 4.39 Å². The van der Waals surface area contributed by atoms with Crippen LogP contribution in [0.4, 0.5) is 4.39 Å². The molecule has 1 amide bonds. The summed E-state index contributed by atoms with van der Waals surface area (Å²) in [4.78, 5) is 13.3. The zero-order valence-electron chi connectivity index (χ0n) is 12.7. The van der Waals surface area contributed by atoms with Crippen LogP contribution in [0.15, 0.2) is 24.3 Å². The van der Waals surface area contributed by atoms with Crippen molar-refractivity contribution in [3.05, 3.63) is 30.1 Å². The standard InChI is InChI=1S/C15H23FN2O3/c1-11(2)17-15(20)9-18(3)8-13(19)10-21-14-6-4-12(16)5-7-14/h4-7,11,13,19H,8-10H2,1-3H3,(H,17,20). The Labute approximate surface area is 124 Å². The number of ether oxygens (including phenoxy) is 1. The second-order valence-corrected chi connectivity index (χ2v) is 5.34. The van der Waals surface area contributed by atoms with Crippen LogP contribution in [0, 0.1) is 5.82 Å². The molecule has 0 radical (unpaired) electrons. The molecule has 1 unspecified atom stereocenters. The lowest BCUT2D eigenvalue weighted by Gasteiger charge is -2.21. The van der Waals surface area contributed by atoms with Gasteiger partial charge in [-0.15, -0.1) is 0 Å². The first-order valence-corrected chi connectivity index (χ1v) is 6.91. The van der Waals surface area contributed by atoms with Gasteiger partial charge in [0.2, 0.25) is 5.91 Å². The molecule has 0 fully saturated rings. The van der Waals surface area contributed by atoms with Gasteiger partial charge in [-0.05, 0) is 45.2 Å². The molecule has 0 aliphatic rings. The van der Waals surface area contributed by atoms with Crippen molar-refractivity contribution < 1.29 is 19.0 Å². The molecule has 1 rings (SSSR count). The van der Waals surface area contributed by atoms with Gasteiger partial charge in [0.1, 0.15) is 24.3 Å². The lowest BCUT2D eigenvalue weighted by atomic mass is 10.3. The van der Waals surface area contributed by atoms with Crippen molar-refractivity contribution in [2.75, 3.05) is 26.7 Å². The lowest BCUT2D eigenvalue weighted by molar-refractivity contribution is -0.122. The molecule has 1 atom stereocenters. The average molecular weight is 298 g/mol. The monoisotopic (exact) mass is 298 g/mol. The Kier molecular flexibility index (Phi) is 7.11. The van der Waals surface area contributed by atoms with E-state index in [0.29, 0.717) is 12.3 Å². The second kappa shape index (κ2) is 8.59. The normalized spacial score (nSPS) is 12.5. The minimum absolute atomic E-state index is 0.0841. The minimum Gasteiger partial charge on any atom is -0.491 e. The number of halogens is 1. The van der Waals surface area contributed by atoms with Crippen LogP contribution < -0.4 is 10.1 Å². The number of aliphatic hydroxyl groups is 1.